The second-order valence-electron chi connectivity index (χ2n) is 0.992. The van der Waals surface area contributed by atoms with Gasteiger partial charge in [-0.1, -0.05) is 0 Å². The van der Waals surface area contributed by atoms with E-state index in [9.17, 15) is 16.8 Å². The van der Waals surface area contributed by atoms with Crippen molar-refractivity contribution in [2.24, 2.45) is 0 Å². The van der Waals surface area contributed by atoms with Crippen LogP contribution in [0.3, 0.4) is 0 Å². The third kappa shape index (κ3) is 18.3. The van der Waals surface area contributed by atoms with E-state index in [4.69, 9.17) is 9.11 Å². The molecule has 0 radical (unpaired) electrons. The molecule has 0 saturated heterocycles. The van der Waals surface area contributed by atoms with Crippen LogP contribution >= 0.6 is 19.7 Å². The zero-order valence-corrected chi connectivity index (χ0v) is 7.43. The van der Waals surface area contributed by atoms with Crippen LogP contribution < -0.4 is 0 Å². The molecule has 66 valence electrons. The Bertz CT molecular complexity index is 254. The van der Waals surface area contributed by atoms with E-state index in [-0.39, 0.29) is 78.8 Å². The molecule has 12 heavy (non-hydrogen) atoms. The third-order valence-corrected chi connectivity index (χ3v) is 6.89. The second-order valence-corrected chi connectivity index (χ2v) is 8.77. The molecule has 0 amide bonds. The normalized spacial score (nSPS) is 11.2. The monoisotopic (exact) mass is 274 g/mol. The van der Waals surface area contributed by atoms with Gasteiger partial charge in [0.05, 0.1) is 19.7 Å². The van der Waals surface area contributed by atoms with Crippen LogP contribution in [0.2, 0.25) is 0 Å². The summed E-state index contributed by atoms with van der Waals surface area (Å²) < 4.78 is 55.0. The first-order chi connectivity index (χ1) is 4.21. The maximum absolute atomic E-state index is 9.80. The molecule has 0 spiro atoms. The Kier molecular flexibility index (Phi) is 12.9. The van der Waals surface area contributed by atoms with E-state index in [0.29, 0.717) is 0 Å². The summed E-state index contributed by atoms with van der Waals surface area (Å²) in [6.07, 6.45) is 0. The summed E-state index contributed by atoms with van der Waals surface area (Å²) in [4.78, 5) is 0. The van der Waals surface area contributed by atoms with Crippen molar-refractivity contribution in [3.63, 3.8) is 0 Å². The van der Waals surface area contributed by atoms with Crippen molar-refractivity contribution in [3.05, 3.63) is 0 Å². The molecule has 0 unspecified atom stereocenters. The summed E-state index contributed by atoms with van der Waals surface area (Å²) in [6.45, 7) is 0. The Morgan fingerprint density at radius 3 is 1.00 bits per heavy atom. The van der Waals surface area contributed by atoms with Gasteiger partial charge >= 0.3 is 77.4 Å². The average Bonchev–Trinajstić information content (AvgIpc) is 1.57. The van der Waals surface area contributed by atoms with Crippen LogP contribution in [0.25, 0.3) is 0 Å². The summed E-state index contributed by atoms with van der Waals surface area (Å²) in [5.74, 6) is 0. The molecule has 0 fully saturated rings. The van der Waals surface area contributed by atoms with Gasteiger partial charge in [-0.3, -0.25) is 9.11 Å². The van der Waals surface area contributed by atoms with Crippen molar-refractivity contribution in [2.75, 3.05) is 0 Å². The first-order valence-electron chi connectivity index (χ1n) is 1.53. The van der Waals surface area contributed by atoms with Gasteiger partial charge in [0.2, 0.25) is 0 Å². The van der Waals surface area contributed by atoms with Gasteiger partial charge in [-0.05, 0) is 0 Å². The van der Waals surface area contributed by atoms with E-state index in [0.717, 1.165) is 0 Å². The molecular weight excluding hydrogens is 270 g/mol. The fourth-order valence-corrected chi connectivity index (χ4v) is 5.69. The molecule has 0 rings (SSSR count). The molecule has 0 aromatic rings. The molecule has 0 aromatic heterocycles. The van der Waals surface area contributed by atoms with E-state index in [1.807, 2.05) is 0 Å². The Balaban J connectivity index is -0.000000405. The Labute approximate surface area is 121 Å². The second kappa shape index (κ2) is 7.77. The zero-order valence-electron chi connectivity index (χ0n) is 4.16. The van der Waals surface area contributed by atoms with Gasteiger partial charge in [0.1, 0.15) is 0 Å². The van der Waals surface area contributed by atoms with Crippen molar-refractivity contribution in [1.82, 2.24) is 0 Å². The Hall–Kier alpha value is 2.52. The number of rotatable bonds is 3. The van der Waals surface area contributed by atoms with Crippen molar-refractivity contribution >= 4 is 97.1 Å². The van der Waals surface area contributed by atoms with Gasteiger partial charge in [0, 0.05) is 0 Å². The van der Waals surface area contributed by atoms with Gasteiger partial charge in [0.25, 0.3) is 0 Å². The van der Waals surface area contributed by atoms with E-state index in [2.05, 4.69) is 0 Å². The van der Waals surface area contributed by atoms with Gasteiger partial charge < -0.3 is 0 Å². The fraction of sp³-hybridized carbons (Fsp3) is 0. The van der Waals surface area contributed by atoms with E-state index < -0.39 is 18.3 Å². The molecule has 0 heterocycles. The SMILES string of the molecule is O=S(=O)(O)SSS(=O)(=O)O.[NaH].[NaH]. The van der Waals surface area contributed by atoms with Crippen molar-refractivity contribution in [1.29, 1.82) is 0 Å². The van der Waals surface area contributed by atoms with E-state index in [1.54, 1.807) is 0 Å². The molecule has 12 heteroatoms. The average molecular weight is 274 g/mol. The van der Waals surface area contributed by atoms with Gasteiger partial charge in [-0.25, -0.2) is 0 Å². The molecule has 0 aliphatic rings. The molecule has 0 atom stereocenters. The van der Waals surface area contributed by atoms with Crippen LogP contribution in [0.5, 0.6) is 0 Å². The summed E-state index contributed by atoms with van der Waals surface area (Å²) in [6, 6.07) is 0. The van der Waals surface area contributed by atoms with Crippen LogP contribution in [0.1, 0.15) is 0 Å². The molecule has 0 saturated carbocycles. The van der Waals surface area contributed by atoms with Gasteiger partial charge in [-0.2, -0.15) is 16.8 Å². The van der Waals surface area contributed by atoms with E-state index >= 15 is 0 Å². The summed E-state index contributed by atoms with van der Waals surface area (Å²) >= 11 is 0. The van der Waals surface area contributed by atoms with Crippen LogP contribution in [-0.4, -0.2) is 85.1 Å². The molecule has 2 N–H and O–H groups in total. The van der Waals surface area contributed by atoms with Crippen LogP contribution in [0.4, 0.5) is 0 Å². The molecule has 0 aliphatic carbocycles. The molecule has 0 bridgehead atoms. The van der Waals surface area contributed by atoms with E-state index in [1.165, 1.54) is 0 Å². The first-order valence-corrected chi connectivity index (χ1v) is 7.60. The predicted octanol–water partition coefficient (Wildman–Crippen LogP) is -1.32. The number of hydrogen-bond acceptors (Lipinski definition) is 6. The third-order valence-electron chi connectivity index (χ3n) is 0.200. The number of hydrogen-bond donors (Lipinski definition) is 2. The molecule has 0 aromatic carbocycles. The Morgan fingerprint density at radius 1 is 0.750 bits per heavy atom. The zero-order chi connectivity index (χ0) is 8.41. The van der Waals surface area contributed by atoms with Crippen LogP contribution in [-0.2, 0) is 18.3 Å². The molecule has 0 aliphatic heterocycles. The van der Waals surface area contributed by atoms with Crippen LogP contribution in [0, 0.1) is 0 Å². The minimum atomic E-state index is -4.42. The summed E-state index contributed by atoms with van der Waals surface area (Å²) in [7, 11) is -9.54. The standard InChI is InChI=1S/2Na.H2O6S4.2H/c;;1-9(2,3)7-8-10(4,5)6;;/h;;(H,1,2,3)(H,4,5,6);;. The van der Waals surface area contributed by atoms with Gasteiger partial charge in [0.15, 0.2) is 0 Å². The molecular formula is H4Na2O6S4. The fourth-order valence-electron chi connectivity index (χ4n) is 0.0702. The minimum absolute atomic E-state index is 0. The summed E-state index contributed by atoms with van der Waals surface area (Å²) in [5, 5.41) is 0. The van der Waals surface area contributed by atoms with Gasteiger partial charge in [-0.15, -0.1) is 0 Å². The maximum atomic E-state index is 9.80. The Morgan fingerprint density at radius 2 is 0.917 bits per heavy atom. The first kappa shape index (κ1) is 20.0. The summed E-state index contributed by atoms with van der Waals surface area (Å²) in [5.41, 5.74) is 0. The van der Waals surface area contributed by atoms with Crippen LogP contribution in [0.15, 0.2) is 0 Å². The van der Waals surface area contributed by atoms with Crippen molar-refractivity contribution in [3.8, 4) is 0 Å². The van der Waals surface area contributed by atoms with Crippen molar-refractivity contribution < 1.29 is 25.9 Å². The molecule has 6 nitrogen and oxygen atoms in total. The topological polar surface area (TPSA) is 109 Å². The quantitative estimate of drug-likeness (QED) is 0.370. The van der Waals surface area contributed by atoms with Crippen molar-refractivity contribution in [2.45, 2.75) is 0 Å². The predicted molar refractivity (Wildman–Crippen MR) is 52.6 cm³/mol.